The molecule has 0 aliphatic carbocycles. The highest BCUT2D eigenvalue weighted by molar-refractivity contribution is 5.99. The number of carbonyl (C=O) groups is 1. The van der Waals surface area contributed by atoms with Crippen LogP contribution in [0.5, 0.6) is 17.2 Å². The van der Waals surface area contributed by atoms with Crippen LogP contribution < -0.4 is 15.2 Å². The van der Waals surface area contributed by atoms with Gasteiger partial charge in [0.05, 0.1) is 26.0 Å². The van der Waals surface area contributed by atoms with Crippen LogP contribution >= 0.6 is 0 Å². The van der Waals surface area contributed by atoms with Gasteiger partial charge in [0.1, 0.15) is 17.0 Å². The van der Waals surface area contributed by atoms with Gasteiger partial charge in [0.2, 0.25) is 5.91 Å². The Labute approximate surface area is 175 Å². The molecule has 0 atom stereocenters. The molecular formula is C22H26N4O4. The second-order valence-electron chi connectivity index (χ2n) is 7.27. The van der Waals surface area contributed by atoms with Crippen LogP contribution in [0.3, 0.4) is 0 Å². The number of rotatable bonds is 8. The minimum Gasteiger partial charge on any atom is -0.494 e. The minimum absolute atomic E-state index is 0.380. The number of fused-ring (bicyclic) bond motifs is 1. The summed E-state index contributed by atoms with van der Waals surface area (Å²) in [5.74, 6) is 1.45. The Hall–Kier alpha value is -3.10. The second-order valence-corrected chi connectivity index (χ2v) is 7.27. The van der Waals surface area contributed by atoms with Crippen molar-refractivity contribution in [1.82, 2.24) is 14.7 Å². The first-order chi connectivity index (χ1) is 14.6. The molecule has 8 heteroatoms. The molecule has 1 amide bonds. The first-order valence-electron chi connectivity index (χ1n) is 10.1. The van der Waals surface area contributed by atoms with E-state index in [0.29, 0.717) is 23.7 Å². The van der Waals surface area contributed by atoms with Crippen molar-refractivity contribution in [2.24, 2.45) is 12.8 Å². The molecular weight excluding hydrogens is 384 g/mol. The van der Waals surface area contributed by atoms with Crippen LogP contribution in [-0.4, -0.2) is 60.0 Å². The van der Waals surface area contributed by atoms with E-state index in [0.717, 1.165) is 55.9 Å². The van der Waals surface area contributed by atoms with E-state index in [4.69, 9.17) is 19.9 Å². The van der Waals surface area contributed by atoms with Crippen molar-refractivity contribution in [3.05, 3.63) is 48.2 Å². The molecule has 0 radical (unpaired) electrons. The summed E-state index contributed by atoms with van der Waals surface area (Å²) < 4.78 is 19.0. The zero-order valence-electron chi connectivity index (χ0n) is 17.0. The summed E-state index contributed by atoms with van der Waals surface area (Å²) in [4.78, 5) is 14.0. The number of amides is 1. The van der Waals surface area contributed by atoms with E-state index < -0.39 is 5.91 Å². The standard InChI is InChI=1S/C22H26N4O4/c1-25-21-17(15-24-25)13-16(22(23)27)14-20(21)30-19-5-3-18(4-6-19)29-10-2-7-26-8-11-28-12-9-26/h3-6,13-15H,2,7-12H2,1H3,(H2,23,27). The highest BCUT2D eigenvalue weighted by Gasteiger charge is 2.14. The molecule has 30 heavy (non-hydrogen) atoms. The van der Waals surface area contributed by atoms with Gasteiger partial charge in [0, 0.05) is 37.6 Å². The van der Waals surface area contributed by atoms with Crippen molar-refractivity contribution >= 4 is 16.8 Å². The number of hydrogen-bond donors (Lipinski definition) is 1. The summed E-state index contributed by atoms with van der Waals surface area (Å²) in [6.07, 6.45) is 2.65. The van der Waals surface area contributed by atoms with Crippen molar-refractivity contribution in [3.63, 3.8) is 0 Å². The van der Waals surface area contributed by atoms with Crippen molar-refractivity contribution in [3.8, 4) is 17.2 Å². The summed E-state index contributed by atoms with van der Waals surface area (Å²) >= 11 is 0. The predicted molar refractivity (Wildman–Crippen MR) is 113 cm³/mol. The smallest absolute Gasteiger partial charge is 0.248 e. The van der Waals surface area contributed by atoms with Crippen molar-refractivity contribution in [2.75, 3.05) is 39.5 Å². The summed E-state index contributed by atoms with van der Waals surface area (Å²) in [5, 5.41) is 5.04. The molecule has 1 aliphatic heterocycles. The highest BCUT2D eigenvalue weighted by atomic mass is 16.5. The first-order valence-corrected chi connectivity index (χ1v) is 10.1. The van der Waals surface area contributed by atoms with E-state index in [1.807, 2.05) is 31.3 Å². The Morgan fingerprint density at radius 2 is 1.90 bits per heavy atom. The average Bonchev–Trinajstić information content (AvgIpc) is 3.14. The molecule has 1 aliphatic rings. The van der Waals surface area contributed by atoms with E-state index in [9.17, 15) is 4.79 Å². The lowest BCUT2D eigenvalue weighted by molar-refractivity contribution is 0.0358. The number of carbonyl (C=O) groups excluding carboxylic acids is 1. The third-order valence-corrected chi connectivity index (χ3v) is 5.13. The van der Waals surface area contributed by atoms with E-state index in [-0.39, 0.29) is 0 Å². The second kappa shape index (κ2) is 9.15. The molecule has 8 nitrogen and oxygen atoms in total. The Bertz CT molecular complexity index is 1010. The number of aromatic nitrogens is 2. The Morgan fingerprint density at radius 1 is 1.17 bits per heavy atom. The minimum atomic E-state index is -0.508. The molecule has 0 unspecified atom stereocenters. The number of primary amides is 1. The van der Waals surface area contributed by atoms with Gasteiger partial charge < -0.3 is 19.9 Å². The Kier molecular flexibility index (Phi) is 6.15. The van der Waals surface area contributed by atoms with Crippen molar-refractivity contribution < 1.29 is 19.0 Å². The number of nitrogens with zero attached hydrogens (tertiary/aromatic N) is 3. The third kappa shape index (κ3) is 4.72. The molecule has 3 aromatic rings. The van der Waals surface area contributed by atoms with E-state index in [1.165, 1.54) is 0 Å². The van der Waals surface area contributed by atoms with Crippen LogP contribution in [0.15, 0.2) is 42.6 Å². The van der Waals surface area contributed by atoms with Crippen molar-refractivity contribution in [1.29, 1.82) is 0 Å². The molecule has 2 aromatic carbocycles. The molecule has 0 spiro atoms. The molecule has 1 aromatic heterocycles. The molecule has 2 heterocycles. The number of ether oxygens (including phenoxy) is 3. The lowest BCUT2D eigenvalue weighted by Crippen LogP contribution is -2.37. The lowest BCUT2D eigenvalue weighted by Gasteiger charge is -2.26. The fourth-order valence-electron chi connectivity index (χ4n) is 3.53. The first kappa shape index (κ1) is 20.2. The van der Waals surface area contributed by atoms with Crippen molar-refractivity contribution in [2.45, 2.75) is 6.42 Å². The Balaban J connectivity index is 1.37. The summed E-state index contributed by atoms with van der Waals surface area (Å²) in [7, 11) is 1.83. The number of hydrogen-bond acceptors (Lipinski definition) is 6. The number of aryl methyl sites for hydroxylation is 1. The van der Waals surface area contributed by atoms with Gasteiger partial charge in [-0.05, 0) is 42.8 Å². The van der Waals surface area contributed by atoms with Gasteiger partial charge in [-0.3, -0.25) is 14.4 Å². The molecule has 1 fully saturated rings. The van der Waals surface area contributed by atoms with E-state index in [2.05, 4.69) is 10.00 Å². The largest absolute Gasteiger partial charge is 0.494 e. The lowest BCUT2D eigenvalue weighted by atomic mass is 10.1. The van der Waals surface area contributed by atoms with Crippen LogP contribution in [0.2, 0.25) is 0 Å². The fraction of sp³-hybridized carbons (Fsp3) is 0.364. The maximum atomic E-state index is 11.6. The van der Waals surface area contributed by atoms with Crippen LogP contribution in [0.25, 0.3) is 10.9 Å². The third-order valence-electron chi connectivity index (χ3n) is 5.13. The van der Waals surface area contributed by atoms with Crippen LogP contribution in [0, 0.1) is 0 Å². The van der Waals surface area contributed by atoms with Crippen LogP contribution in [0.1, 0.15) is 16.8 Å². The van der Waals surface area contributed by atoms with Gasteiger partial charge in [-0.2, -0.15) is 5.10 Å². The summed E-state index contributed by atoms with van der Waals surface area (Å²) in [6, 6.07) is 10.8. The number of morpholine rings is 1. The van der Waals surface area contributed by atoms with Gasteiger partial charge in [-0.15, -0.1) is 0 Å². The van der Waals surface area contributed by atoms with Gasteiger partial charge in [-0.1, -0.05) is 0 Å². The number of nitrogens with two attached hydrogens (primary N) is 1. The van der Waals surface area contributed by atoms with Gasteiger partial charge in [0.15, 0.2) is 5.75 Å². The molecule has 0 bridgehead atoms. The maximum Gasteiger partial charge on any atom is 0.248 e. The monoisotopic (exact) mass is 410 g/mol. The van der Waals surface area contributed by atoms with E-state index >= 15 is 0 Å². The fourth-order valence-corrected chi connectivity index (χ4v) is 3.53. The predicted octanol–water partition coefficient (Wildman–Crippen LogP) is 2.57. The quantitative estimate of drug-likeness (QED) is 0.574. The molecule has 2 N–H and O–H groups in total. The molecule has 4 rings (SSSR count). The molecule has 158 valence electrons. The molecule has 0 saturated carbocycles. The Morgan fingerprint density at radius 3 is 2.63 bits per heavy atom. The van der Waals surface area contributed by atoms with Gasteiger partial charge in [0.25, 0.3) is 0 Å². The average molecular weight is 410 g/mol. The molecule has 1 saturated heterocycles. The topological polar surface area (TPSA) is 91.8 Å². The zero-order chi connectivity index (χ0) is 20.9. The zero-order valence-corrected chi connectivity index (χ0v) is 17.0. The summed E-state index contributed by atoms with van der Waals surface area (Å²) in [5.41, 5.74) is 6.63. The summed E-state index contributed by atoms with van der Waals surface area (Å²) in [6.45, 7) is 5.29. The van der Waals surface area contributed by atoms with Gasteiger partial charge >= 0.3 is 0 Å². The highest BCUT2D eigenvalue weighted by Crippen LogP contribution is 2.32. The maximum absolute atomic E-state index is 11.6. The number of benzene rings is 2. The normalized spacial score (nSPS) is 14.7. The van der Waals surface area contributed by atoms with Crippen LogP contribution in [0.4, 0.5) is 0 Å². The van der Waals surface area contributed by atoms with Gasteiger partial charge in [-0.25, -0.2) is 0 Å². The van der Waals surface area contributed by atoms with Crippen LogP contribution in [-0.2, 0) is 11.8 Å². The SMILES string of the molecule is Cn1ncc2cc(C(N)=O)cc(Oc3ccc(OCCCN4CCOCC4)cc3)c21. The van der Waals surface area contributed by atoms with E-state index in [1.54, 1.807) is 23.0 Å².